The lowest BCUT2D eigenvalue weighted by Gasteiger charge is -2.31. The third-order valence-electron chi connectivity index (χ3n) is 3.82. The fourth-order valence-electron chi connectivity index (χ4n) is 2.84. The van der Waals surface area contributed by atoms with Crippen LogP contribution in [-0.4, -0.2) is 12.5 Å². The molecule has 0 saturated heterocycles. The van der Waals surface area contributed by atoms with Gasteiger partial charge >= 0.3 is 0 Å². The van der Waals surface area contributed by atoms with E-state index in [9.17, 15) is 4.79 Å². The van der Waals surface area contributed by atoms with Gasteiger partial charge in [-0.2, -0.15) is 0 Å². The van der Waals surface area contributed by atoms with Crippen LogP contribution in [0.3, 0.4) is 0 Å². The number of rotatable bonds is 5. The van der Waals surface area contributed by atoms with Gasteiger partial charge in [-0.25, -0.2) is 0 Å². The lowest BCUT2D eigenvalue weighted by Crippen LogP contribution is -2.43. The van der Waals surface area contributed by atoms with E-state index in [1.165, 1.54) is 0 Å². The smallest absolute Gasteiger partial charge is 0.220 e. The van der Waals surface area contributed by atoms with Crippen LogP contribution in [0.2, 0.25) is 5.02 Å². The molecule has 1 aliphatic rings. The van der Waals surface area contributed by atoms with E-state index >= 15 is 0 Å². The summed E-state index contributed by atoms with van der Waals surface area (Å²) in [6.45, 7) is 0.553. The highest BCUT2D eigenvalue weighted by atomic mass is 35.5. The van der Waals surface area contributed by atoms with Crippen molar-refractivity contribution in [2.24, 2.45) is 5.73 Å². The summed E-state index contributed by atoms with van der Waals surface area (Å²) >= 11 is 6.08. The molecular weight excluding hydrogens is 295 g/mol. The Morgan fingerprint density at radius 3 is 2.65 bits per heavy atom. The van der Waals surface area contributed by atoms with E-state index in [4.69, 9.17) is 17.3 Å². The Kier molecular flexibility index (Phi) is 6.80. The summed E-state index contributed by atoms with van der Waals surface area (Å²) in [5.74, 6) is 0.0901. The molecule has 5 heteroatoms. The molecule has 112 valence electrons. The number of hydrogen-bond acceptors (Lipinski definition) is 2. The molecule has 0 aliphatic heterocycles. The van der Waals surface area contributed by atoms with Crippen LogP contribution in [0.4, 0.5) is 0 Å². The van der Waals surface area contributed by atoms with Gasteiger partial charge in [-0.05, 0) is 43.5 Å². The molecule has 0 unspecified atom stereocenters. The molecule has 3 N–H and O–H groups in total. The maximum atomic E-state index is 12.0. The van der Waals surface area contributed by atoms with Gasteiger partial charge in [0.05, 0.1) is 5.54 Å². The van der Waals surface area contributed by atoms with Gasteiger partial charge in [0.2, 0.25) is 5.91 Å². The SMILES string of the molecule is Cl.NCCCC(=O)NC1(c2cccc(Cl)c2)CCCC1. The standard InChI is InChI=1S/C15H21ClN2O.ClH/c16-13-6-3-5-12(11-13)15(8-1-2-9-15)18-14(19)7-4-10-17;/h3,5-6,11H,1-2,4,7-10,17H2,(H,18,19);1H. The zero-order valence-corrected chi connectivity index (χ0v) is 13.1. The molecule has 0 spiro atoms. The van der Waals surface area contributed by atoms with Crippen molar-refractivity contribution >= 4 is 29.9 Å². The monoisotopic (exact) mass is 316 g/mol. The van der Waals surface area contributed by atoms with Gasteiger partial charge in [0.15, 0.2) is 0 Å². The van der Waals surface area contributed by atoms with Crippen molar-refractivity contribution in [3.63, 3.8) is 0 Å². The second-order valence-electron chi connectivity index (χ2n) is 5.24. The molecule has 1 aromatic rings. The Bertz CT molecular complexity index is 445. The number of halogens is 2. The molecule has 1 amide bonds. The minimum Gasteiger partial charge on any atom is -0.347 e. The molecule has 0 atom stereocenters. The third-order valence-corrected chi connectivity index (χ3v) is 4.06. The summed E-state index contributed by atoms with van der Waals surface area (Å²) in [4.78, 5) is 12.0. The van der Waals surface area contributed by atoms with Crippen molar-refractivity contribution in [2.45, 2.75) is 44.1 Å². The number of benzene rings is 1. The molecule has 0 radical (unpaired) electrons. The maximum Gasteiger partial charge on any atom is 0.220 e. The van der Waals surface area contributed by atoms with Crippen LogP contribution in [0.25, 0.3) is 0 Å². The Balaban J connectivity index is 0.00000200. The molecule has 1 aromatic carbocycles. The first-order chi connectivity index (χ1) is 9.16. The fraction of sp³-hybridized carbons (Fsp3) is 0.533. The van der Waals surface area contributed by atoms with Crippen molar-refractivity contribution in [2.75, 3.05) is 6.54 Å². The van der Waals surface area contributed by atoms with Crippen molar-refractivity contribution in [3.05, 3.63) is 34.9 Å². The fourth-order valence-corrected chi connectivity index (χ4v) is 3.03. The Morgan fingerprint density at radius 1 is 1.35 bits per heavy atom. The molecule has 1 fully saturated rings. The van der Waals surface area contributed by atoms with E-state index in [0.29, 0.717) is 13.0 Å². The predicted octanol–water partition coefficient (Wildman–Crippen LogP) is 3.39. The average Bonchev–Trinajstić information content (AvgIpc) is 2.86. The Labute approximate surface area is 131 Å². The zero-order valence-electron chi connectivity index (χ0n) is 11.5. The highest BCUT2D eigenvalue weighted by molar-refractivity contribution is 6.30. The summed E-state index contributed by atoms with van der Waals surface area (Å²) in [5.41, 5.74) is 6.35. The van der Waals surface area contributed by atoms with Crippen molar-refractivity contribution in [1.82, 2.24) is 5.32 Å². The lowest BCUT2D eigenvalue weighted by atomic mass is 9.88. The average molecular weight is 317 g/mol. The van der Waals surface area contributed by atoms with E-state index in [1.54, 1.807) is 0 Å². The first kappa shape index (κ1) is 17.3. The van der Waals surface area contributed by atoms with E-state index < -0.39 is 0 Å². The van der Waals surface area contributed by atoms with Gasteiger partial charge in [-0.3, -0.25) is 4.79 Å². The van der Waals surface area contributed by atoms with Gasteiger partial charge < -0.3 is 11.1 Å². The predicted molar refractivity (Wildman–Crippen MR) is 85.3 cm³/mol. The highest BCUT2D eigenvalue weighted by Gasteiger charge is 2.36. The molecule has 2 rings (SSSR count). The summed E-state index contributed by atoms with van der Waals surface area (Å²) in [7, 11) is 0. The molecule has 20 heavy (non-hydrogen) atoms. The van der Waals surface area contributed by atoms with E-state index in [1.807, 2.05) is 18.2 Å². The number of nitrogens with one attached hydrogen (secondary N) is 1. The molecule has 0 bridgehead atoms. The molecule has 0 aromatic heterocycles. The van der Waals surface area contributed by atoms with E-state index in [0.717, 1.165) is 42.7 Å². The van der Waals surface area contributed by atoms with Crippen LogP contribution in [-0.2, 0) is 10.3 Å². The summed E-state index contributed by atoms with van der Waals surface area (Å²) in [5, 5.41) is 3.94. The number of carbonyl (C=O) groups excluding carboxylic acids is 1. The maximum absolute atomic E-state index is 12.0. The summed E-state index contributed by atoms with van der Waals surface area (Å²) < 4.78 is 0. The second-order valence-corrected chi connectivity index (χ2v) is 5.68. The molecule has 0 heterocycles. The van der Waals surface area contributed by atoms with Crippen LogP contribution in [0.1, 0.15) is 44.1 Å². The van der Waals surface area contributed by atoms with Crippen molar-refractivity contribution in [3.8, 4) is 0 Å². The van der Waals surface area contributed by atoms with Crippen molar-refractivity contribution in [1.29, 1.82) is 0 Å². The van der Waals surface area contributed by atoms with Gasteiger partial charge in [-0.1, -0.05) is 36.6 Å². The quantitative estimate of drug-likeness (QED) is 0.874. The number of carbonyl (C=O) groups is 1. The summed E-state index contributed by atoms with van der Waals surface area (Å²) in [6.07, 6.45) is 5.49. The van der Waals surface area contributed by atoms with Gasteiger partial charge in [0, 0.05) is 11.4 Å². The Hall–Kier alpha value is -0.770. The van der Waals surface area contributed by atoms with Gasteiger partial charge in [0.1, 0.15) is 0 Å². The van der Waals surface area contributed by atoms with Crippen LogP contribution in [0.15, 0.2) is 24.3 Å². The topological polar surface area (TPSA) is 55.1 Å². The molecule has 1 aliphatic carbocycles. The highest BCUT2D eigenvalue weighted by Crippen LogP contribution is 2.39. The second kappa shape index (κ2) is 7.87. The first-order valence-electron chi connectivity index (χ1n) is 6.93. The Morgan fingerprint density at radius 2 is 2.05 bits per heavy atom. The minimum absolute atomic E-state index is 0. The first-order valence-corrected chi connectivity index (χ1v) is 7.31. The van der Waals surface area contributed by atoms with E-state index in [2.05, 4.69) is 11.4 Å². The lowest BCUT2D eigenvalue weighted by molar-refractivity contribution is -0.123. The number of amides is 1. The van der Waals surface area contributed by atoms with Gasteiger partial charge in [0.25, 0.3) is 0 Å². The summed E-state index contributed by atoms with van der Waals surface area (Å²) in [6, 6.07) is 7.84. The number of hydrogen-bond donors (Lipinski definition) is 2. The van der Waals surface area contributed by atoms with E-state index in [-0.39, 0.29) is 23.9 Å². The largest absolute Gasteiger partial charge is 0.347 e. The van der Waals surface area contributed by atoms with Crippen LogP contribution in [0, 0.1) is 0 Å². The van der Waals surface area contributed by atoms with Gasteiger partial charge in [-0.15, -0.1) is 12.4 Å². The zero-order chi connectivity index (χ0) is 13.7. The number of nitrogens with two attached hydrogens (primary N) is 1. The van der Waals surface area contributed by atoms with Crippen LogP contribution in [0.5, 0.6) is 0 Å². The molecule has 1 saturated carbocycles. The molecule has 3 nitrogen and oxygen atoms in total. The normalized spacial score (nSPS) is 16.5. The van der Waals surface area contributed by atoms with Crippen LogP contribution < -0.4 is 11.1 Å². The third kappa shape index (κ3) is 4.11. The molecular formula is C15H22Cl2N2O. The minimum atomic E-state index is -0.226. The van der Waals surface area contributed by atoms with Crippen LogP contribution >= 0.6 is 24.0 Å². The van der Waals surface area contributed by atoms with Crippen molar-refractivity contribution < 1.29 is 4.79 Å².